The van der Waals surface area contributed by atoms with Crippen molar-refractivity contribution >= 4 is 17.4 Å². The van der Waals surface area contributed by atoms with Crippen molar-refractivity contribution in [1.29, 1.82) is 0 Å². The molecule has 0 aromatic carbocycles. The van der Waals surface area contributed by atoms with Crippen LogP contribution in [0.2, 0.25) is 5.02 Å². The molecule has 1 aromatic heterocycles. The van der Waals surface area contributed by atoms with E-state index in [9.17, 15) is 0 Å². The average Bonchev–Trinajstić information content (AvgIpc) is 2.42. The lowest BCUT2D eigenvalue weighted by atomic mass is 9.87. The van der Waals surface area contributed by atoms with Crippen molar-refractivity contribution in [3.05, 3.63) is 22.8 Å². The Hall–Kier alpha value is -0.840. The first kappa shape index (κ1) is 14.6. The summed E-state index contributed by atoms with van der Waals surface area (Å²) in [6.45, 7) is 7.69. The lowest BCUT2D eigenvalue weighted by Gasteiger charge is -2.33. The molecule has 0 aliphatic carbocycles. The Morgan fingerprint density at radius 3 is 2.68 bits per heavy atom. The maximum Gasteiger partial charge on any atom is 0.140 e. The van der Waals surface area contributed by atoms with Crippen LogP contribution in [0.1, 0.15) is 32.4 Å². The molecule has 4 nitrogen and oxygen atoms in total. The summed E-state index contributed by atoms with van der Waals surface area (Å²) in [6, 6.07) is 3.64. The molecule has 0 unspecified atom stereocenters. The molecule has 0 atom stereocenters. The van der Waals surface area contributed by atoms with Gasteiger partial charge in [-0.3, -0.25) is 4.90 Å². The molecule has 1 saturated heterocycles. The van der Waals surface area contributed by atoms with E-state index in [4.69, 9.17) is 17.4 Å². The van der Waals surface area contributed by atoms with Crippen LogP contribution in [0.5, 0.6) is 0 Å². The van der Waals surface area contributed by atoms with Crippen molar-refractivity contribution in [2.24, 2.45) is 17.7 Å². The van der Waals surface area contributed by atoms with Gasteiger partial charge in [-0.05, 0) is 49.9 Å². The number of nitrogens with one attached hydrogen (secondary N) is 1. The number of likely N-dealkylation sites (tertiary alicyclic amines) is 1. The van der Waals surface area contributed by atoms with Crippen molar-refractivity contribution < 1.29 is 0 Å². The highest BCUT2D eigenvalue weighted by atomic mass is 35.5. The van der Waals surface area contributed by atoms with Gasteiger partial charge in [0.1, 0.15) is 5.82 Å². The van der Waals surface area contributed by atoms with Crippen LogP contribution in [0, 0.1) is 11.8 Å². The second-order valence-corrected chi connectivity index (χ2v) is 6.03. The number of rotatable bonds is 4. The van der Waals surface area contributed by atoms with Crippen molar-refractivity contribution in [2.45, 2.75) is 33.2 Å². The van der Waals surface area contributed by atoms with Gasteiger partial charge in [0.15, 0.2) is 0 Å². The van der Waals surface area contributed by atoms with Crippen molar-refractivity contribution in [1.82, 2.24) is 9.88 Å². The van der Waals surface area contributed by atoms with Crippen molar-refractivity contribution in [3.63, 3.8) is 0 Å². The normalized spacial score (nSPS) is 17.9. The minimum absolute atomic E-state index is 0.663. The van der Waals surface area contributed by atoms with Crippen LogP contribution in [-0.2, 0) is 6.54 Å². The molecule has 1 aromatic rings. The predicted molar refractivity (Wildman–Crippen MR) is 79.9 cm³/mol. The maximum absolute atomic E-state index is 6.19. The predicted octanol–water partition coefficient (Wildman–Crippen LogP) is 2.89. The molecule has 1 aliphatic rings. The molecule has 19 heavy (non-hydrogen) atoms. The van der Waals surface area contributed by atoms with Gasteiger partial charge in [-0.2, -0.15) is 0 Å². The van der Waals surface area contributed by atoms with Crippen molar-refractivity contribution in [2.75, 3.05) is 18.5 Å². The quantitative estimate of drug-likeness (QED) is 0.659. The number of nitrogens with zero attached hydrogens (tertiary/aromatic N) is 2. The number of hydrogen-bond donors (Lipinski definition) is 2. The van der Waals surface area contributed by atoms with Gasteiger partial charge in [0.2, 0.25) is 0 Å². The number of anilines is 1. The zero-order valence-corrected chi connectivity index (χ0v) is 12.5. The second-order valence-electron chi connectivity index (χ2n) is 5.63. The standard InChI is InChI=1S/C14H23ClN4/c1-10(2)11-5-7-19(8-6-11)9-13-12(15)3-4-14(17-13)18-16/h3-4,10-11H,5-9,16H2,1-2H3,(H,17,18). The first-order chi connectivity index (χ1) is 9.10. The molecule has 5 heteroatoms. The number of aromatic nitrogens is 1. The Labute approximate surface area is 120 Å². The maximum atomic E-state index is 6.19. The van der Waals surface area contributed by atoms with Crippen LogP contribution >= 0.6 is 11.6 Å². The van der Waals surface area contributed by atoms with E-state index in [1.54, 1.807) is 6.07 Å². The topological polar surface area (TPSA) is 54.2 Å². The molecule has 3 N–H and O–H groups in total. The lowest BCUT2D eigenvalue weighted by molar-refractivity contribution is 0.150. The number of nitrogen functional groups attached to an aromatic ring is 1. The molecular weight excluding hydrogens is 260 g/mol. The summed E-state index contributed by atoms with van der Waals surface area (Å²) in [7, 11) is 0. The van der Waals surface area contributed by atoms with Gasteiger partial charge in [-0.25, -0.2) is 10.8 Å². The zero-order valence-electron chi connectivity index (χ0n) is 11.7. The van der Waals surface area contributed by atoms with E-state index in [1.165, 1.54) is 12.8 Å². The van der Waals surface area contributed by atoms with Crippen LogP contribution in [0.4, 0.5) is 5.82 Å². The lowest BCUT2D eigenvalue weighted by Crippen LogP contribution is -2.35. The highest BCUT2D eigenvalue weighted by Crippen LogP contribution is 2.26. The summed E-state index contributed by atoms with van der Waals surface area (Å²) in [5.41, 5.74) is 3.47. The third-order valence-electron chi connectivity index (χ3n) is 4.01. The summed E-state index contributed by atoms with van der Waals surface area (Å²) in [4.78, 5) is 6.85. The number of pyridine rings is 1. The molecular formula is C14H23ClN4. The SMILES string of the molecule is CC(C)C1CCN(Cc2nc(NN)ccc2Cl)CC1. The third-order valence-corrected chi connectivity index (χ3v) is 4.36. The Morgan fingerprint density at radius 2 is 2.11 bits per heavy atom. The second kappa shape index (κ2) is 6.55. The molecule has 0 spiro atoms. The highest BCUT2D eigenvalue weighted by Gasteiger charge is 2.22. The Balaban J connectivity index is 1.95. The largest absolute Gasteiger partial charge is 0.308 e. The fraction of sp³-hybridized carbons (Fsp3) is 0.643. The van der Waals surface area contributed by atoms with E-state index in [-0.39, 0.29) is 0 Å². The van der Waals surface area contributed by atoms with Gasteiger partial charge in [-0.15, -0.1) is 0 Å². The summed E-state index contributed by atoms with van der Waals surface area (Å²) < 4.78 is 0. The van der Waals surface area contributed by atoms with Gasteiger partial charge in [0.05, 0.1) is 10.7 Å². The molecule has 2 rings (SSSR count). The monoisotopic (exact) mass is 282 g/mol. The molecule has 0 saturated carbocycles. The molecule has 106 valence electrons. The number of hydrogen-bond acceptors (Lipinski definition) is 4. The van der Waals surface area contributed by atoms with Crippen LogP contribution in [0.15, 0.2) is 12.1 Å². The molecule has 0 amide bonds. The van der Waals surface area contributed by atoms with E-state index >= 15 is 0 Å². The van der Waals surface area contributed by atoms with Crippen molar-refractivity contribution in [3.8, 4) is 0 Å². The van der Waals surface area contributed by atoms with Crippen LogP contribution < -0.4 is 11.3 Å². The van der Waals surface area contributed by atoms with E-state index in [0.717, 1.165) is 37.2 Å². The minimum atomic E-state index is 0.663. The first-order valence-corrected chi connectivity index (χ1v) is 7.32. The summed E-state index contributed by atoms with van der Waals surface area (Å²) in [6.07, 6.45) is 2.54. The van der Waals surface area contributed by atoms with Gasteiger partial charge < -0.3 is 5.43 Å². The Kier molecular flexibility index (Phi) is 5.02. The van der Waals surface area contributed by atoms with E-state index in [2.05, 4.69) is 29.2 Å². The number of piperidine rings is 1. The van der Waals surface area contributed by atoms with Crippen LogP contribution in [-0.4, -0.2) is 23.0 Å². The number of halogens is 1. The molecule has 1 aliphatic heterocycles. The van der Waals surface area contributed by atoms with Gasteiger partial charge in [-0.1, -0.05) is 25.4 Å². The molecule has 1 fully saturated rings. The number of nitrogens with two attached hydrogens (primary N) is 1. The van der Waals surface area contributed by atoms with Gasteiger partial charge in [0, 0.05) is 6.54 Å². The fourth-order valence-electron chi connectivity index (χ4n) is 2.67. The summed E-state index contributed by atoms with van der Waals surface area (Å²) >= 11 is 6.19. The average molecular weight is 283 g/mol. The third kappa shape index (κ3) is 3.81. The van der Waals surface area contributed by atoms with Crippen LogP contribution in [0.3, 0.4) is 0 Å². The van der Waals surface area contributed by atoms with Crippen LogP contribution in [0.25, 0.3) is 0 Å². The Morgan fingerprint density at radius 1 is 1.42 bits per heavy atom. The smallest absolute Gasteiger partial charge is 0.140 e. The summed E-state index contributed by atoms with van der Waals surface area (Å²) in [5.74, 6) is 7.69. The highest BCUT2D eigenvalue weighted by molar-refractivity contribution is 6.31. The molecule has 0 radical (unpaired) electrons. The van der Waals surface area contributed by atoms with E-state index < -0.39 is 0 Å². The fourth-order valence-corrected chi connectivity index (χ4v) is 2.83. The summed E-state index contributed by atoms with van der Waals surface area (Å²) in [5, 5.41) is 0.713. The number of hydrazine groups is 1. The zero-order chi connectivity index (χ0) is 13.8. The van der Waals surface area contributed by atoms with Gasteiger partial charge in [0.25, 0.3) is 0 Å². The van der Waals surface area contributed by atoms with Gasteiger partial charge >= 0.3 is 0 Å². The van der Waals surface area contributed by atoms with E-state index in [1.807, 2.05) is 6.07 Å². The van der Waals surface area contributed by atoms with E-state index in [0.29, 0.717) is 10.8 Å². The molecule has 2 heterocycles. The molecule has 0 bridgehead atoms. The minimum Gasteiger partial charge on any atom is -0.308 e. The first-order valence-electron chi connectivity index (χ1n) is 6.94. The Bertz CT molecular complexity index is 414.